The molecule has 0 saturated carbocycles. The van der Waals surface area contributed by atoms with Gasteiger partial charge in [-0.05, 0) is 37.3 Å². The molecule has 0 aliphatic carbocycles. The van der Waals surface area contributed by atoms with Crippen molar-refractivity contribution in [2.45, 2.75) is 6.92 Å². The van der Waals surface area contributed by atoms with Gasteiger partial charge in [0.1, 0.15) is 5.75 Å². The van der Waals surface area contributed by atoms with Crippen LogP contribution < -0.4 is 19.5 Å². The lowest BCUT2D eigenvalue weighted by atomic mass is 10.2. The van der Waals surface area contributed by atoms with Gasteiger partial charge in [0.25, 0.3) is 0 Å². The first-order valence-corrected chi connectivity index (χ1v) is 7.22. The number of ether oxygens (including phenoxy) is 3. The van der Waals surface area contributed by atoms with E-state index in [-0.39, 0.29) is 6.79 Å². The van der Waals surface area contributed by atoms with E-state index >= 15 is 0 Å². The molecule has 6 nitrogen and oxygen atoms in total. The van der Waals surface area contributed by atoms with Crippen molar-refractivity contribution in [3.05, 3.63) is 42.1 Å². The number of nitrogens with zero attached hydrogens (tertiary/aromatic N) is 2. The van der Waals surface area contributed by atoms with Crippen LogP contribution in [-0.2, 0) is 0 Å². The molecule has 1 aromatic heterocycles. The third-order valence-corrected chi connectivity index (χ3v) is 3.73. The molecule has 1 N–H and O–H groups in total. The lowest BCUT2D eigenvalue weighted by Crippen LogP contribution is -1.99. The summed E-state index contributed by atoms with van der Waals surface area (Å²) in [5.41, 5.74) is 2.59. The summed E-state index contributed by atoms with van der Waals surface area (Å²) in [5.74, 6) is 2.80. The summed E-state index contributed by atoms with van der Waals surface area (Å²) in [7, 11) is 1.64. The number of aromatic nitrogens is 2. The SMILES string of the molecule is COc1ccc(Nc2nc(C)c3cc4c(cc3n2)OCO4)cc1. The van der Waals surface area contributed by atoms with Gasteiger partial charge in [-0.15, -0.1) is 0 Å². The predicted molar refractivity (Wildman–Crippen MR) is 86.7 cm³/mol. The Bertz CT molecular complexity index is 878. The molecule has 0 bridgehead atoms. The van der Waals surface area contributed by atoms with E-state index in [0.29, 0.717) is 11.7 Å². The fraction of sp³-hybridized carbons (Fsp3) is 0.176. The van der Waals surface area contributed by atoms with E-state index in [2.05, 4.69) is 15.3 Å². The van der Waals surface area contributed by atoms with Crippen LogP contribution in [-0.4, -0.2) is 23.9 Å². The number of aryl methyl sites for hydroxylation is 1. The highest BCUT2D eigenvalue weighted by Crippen LogP contribution is 2.36. The Hall–Kier alpha value is -3.02. The van der Waals surface area contributed by atoms with E-state index in [1.165, 1.54) is 0 Å². The number of benzene rings is 2. The molecule has 4 rings (SSSR count). The average molecular weight is 309 g/mol. The van der Waals surface area contributed by atoms with Crippen molar-refractivity contribution in [3.63, 3.8) is 0 Å². The molecular weight excluding hydrogens is 294 g/mol. The van der Waals surface area contributed by atoms with Gasteiger partial charge in [0, 0.05) is 17.1 Å². The third-order valence-electron chi connectivity index (χ3n) is 3.73. The fourth-order valence-electron chi connectivity index (χ4n) is 2.53. The maximum atomic E-state index is 5.41. The van der Waals surface area contributed by atoms with Gasteiger partial charge in [0.05, 0.1) is 18.3 Å². The highest BCUT2D eigenvalue weighted by molar-refractivity contribution is 5.86. The first-order valence-electron chi connectivity index (χ1n) is 7.22. The van der Waals surface area contributed by atoms with E-state index in [1.54, 1.807) is 7.11 Å². The van der Waals surface area contributed by atoms with Gasteiger partial charge in [0.15, 0.2) is 11.5 Å². The largest absolute Gasteiger partial charge is 0.497 e. The van der Waals surface area contributed by atoms with Gasteiger partial charge in [-0.3, -0.25) is 0 Å². The topological polar surface area (TPSA) is 65.5 Å². The zero-order chi connectivity index (χ0) is 15.8. The van der Waals surface area contributed by atoms with Crippen LogP contribution in [0, 0.1) is 6.92 Å². The second-order valence-electron chi connectivity index (χ2n) is 5.21. The van der Waals surface area contributed by atoms with Crippen molar-refractivity contribution < 1.29 is 14.2 Å². The second kappa shape index (κ2) is 5.31. The van der Waals surface area contributed by atoms with E-state index in [9.17, 15) is 0 Å². The van der Waals surface area contributed by atoms with Crippen molar-refractivity contribution in [2.24, 2.45) is 0 Å². The molecule has 3 aromatic rings. The minimum atomic E-state index is 0.245. The van der Waals surface area contributed by atoms with E-state index in [4.69, 9.17) is 14.2 Å². The molecule has 0 saturated heterocycles. The number of methoxy groups -OCH3 is 1. The van der Waals surface area contributed by atoms with Gasteiger partial charge in [-0.25, -0.2) is 9.97 Å². The molecule has 1 aliphatic rings. The molecule has 0 radical (unpaired) electrons. The highest BCUT2D eigenvalue weighted by Gasteiger charge is 2.16. The number of nitrogens with one attached hydrogen (secondary N) is 1. The molecule has 116 valence electrons. The van der Waals surface area contributed by atoms with Gasteiger partial charge in [-0.2, -0.15) is 0 Å². The summed E-state index contributed by atoms with van der Waals surface area (Å²) in [6.45, 7) is 2.19. The Kier molecular flexibility index (Phi) is 3.15. The molecule has 0 amide bonds. The highest BCUT2D eigenvalue weighted by atomic mass is 16.7. The zero-order valence-corrected chi connectivity index (χ0v) is 12.8. The average Bonchev–Trinajstić information content (AvgIpc) is 3.01. The lowest BCUT2D eigenvalue weighted by Gasteiger charge is -2.09. The van der Waals surface area contributed by atoms with E-state index in [0.717, 1.165) is 33.8 Å². The third kappa shape index (κ3) is 2.48. The Labute approximate surface area is 133 Å². The van der Waals surface area contributed by atoms with E-state index < -0.39 is 0 Å². The van der Waals surface area contributed by atoms with E-state index in [1.807, 2.05) is 43.3 Å². The predicted octanol–water partition coefficient (Wildman–Crippen LogP) is 3.42. The van der Waals surface area contributed by atoms with Crippen LogP contribution in [0.2, 0.25) is 0 Å². The minimum Gasteiger partial charge on any atom is -0.497 e. The number of anilines is 2. The minimum absolute atomic E-state index is 0.245. The molecule has 0 atom stereocenters. The van der Waals surface area contributed by atoms with Crippen LogP contribution in [0.15, 0.2) is 36.4 Å². The Morgan fingerprint density at radius 2 is 1.78 bits per heavy atom. The molecular formula is C17H15N3O3. The molecule has 0 fully saturated rings. The van der Waals surface area contributed by atoms with Gasteiger partial charge < -0.3 is 19.5 Å². The van der Waals surface area contributed by atoms with Gasteiger partial charge in [0.2, 0.25) is 12.7 Å². The van der Waals surface area contributed by atoms with Crippen LogP contribution >= 0.6 is 0 Å². The summed E-state index contributed by atoms with van der Waals surface area (Å²) in [5, 5.41) is 4.16. The summed E-state index contributed by atoms with van der Waals surface area (Å²) in [6.07, 6.45) is 0. The smallest absolute Gasteiger partial charge is 0.231 e. The van der Waals surface area contributed by atoms with Gasteiger partial charge in [-0.1, -0.05) is 0 Å². The van der Waals surface area contributed by atoms with Crippen LogP contribution in [0.25, 0.3) is 10.9 Å². The number of rotatable bonds is 3. The Balaban J connectivity index is 1.71. The summed E-state index contributed by atoms with van der Waals surface area (Å²) in [6, 6.07) is 11.4. The maximum Gasteiger partial charge on any atom is 0.231 e. The van der Waals surface area contributed by atoms with Crippen LogP contribution in [0.4, 0.5) is 11.6 Å². The quantitative estimate of drug-likeness (QED) is 0.799. The molecule has 23 heavy (non-hydrogen) atoms. The zero-order valence-electron chi connectivity index (χ0n) is 12.8. The van der Waals surface area contributed by atoms with Crippen LogP contribution in [0.5, 0.6) is 17.2 Å². The van der Waals surface area contributed by atoms with Crippen molar-refractivity contribution in [3.8, 4) is 17.2 Å². The van der Waals surface area contributed by atoms with Crippen LogP contribution in [0.3, 0.4) is 0 Å². The molecule has 6 heteroatoms. The summed E-state index contributed by atoms with van der Waals surface area (Å²) >= 11 is 0. The first-order chi connectivity index (χ1) is 11.2. The molecule has 2 heterocycles. The maximum absolute atomic E-state index is 5.41. The lowest BCUT2D eigenvalue weighted by molar-refractivity contribution is 0.174. The van der Waals surface area contributed by atoms with Gasteiger partial charge >= 0.3 is 0 Å². The summed E-state index contributed by atoms with van der Waals surface area (Å²) < 4.78 is 16.0. The normalized spacial score (nSPS) is 12.4. The Morgan fingerprint density at radius 3 is 2.52 bits per heavy atom. The van der Waals surface area contributed by atoms with Crippen LogP contribution in [0.1, 0.15) is 5.69 Å². The monoisotopic (exact) mass is 309 g/mol. The number of fused-ring (bicyclic) bond motifs is 2. The van der Waals surface area contributed by atoms with Crippen molar-refractivity contribution in [1.82, 2.24) is 9.97 Å². The van der Waals surface area contributed by atoms with Crippen molar-refractivity contribution >= 4 is 22.5 Å². The molecule has 2 aromatic carbocycles. The molecule has 0 spiro atoms. The van der Waals surface area contributed by atoms with Crippen molar-refractivity contribution in [1.29, 1.82) is 0 Å². The second-order valence-corrected chi connectivity index (χ2v) is 5.21. The first kappa shape index (κ1) is 13.6. The van der Waals surface area contributed by atoms with Crippen molar-refractivity contribution in [2.75, 3.05) is 19.2 Å². The number of hydrogen-bond acceptors (Lipinski definition) is 6. The molecule has 0 unspecified atom stereocenters. The fourth-order valence-corrected chi connectivity index (χ4v) is 2.53. The molecule has 1 aliphatic heterocycles. The standard InChI is InChI=1S/C17H15N3O3/c1-10-13-7-15-16(23-9-22-15)8-14(13)20-17(18-10)19-11-3-5-12(21-2)6-4-11/h3-8H,9H2,1-2H3,(H,18,19,20). The summed E-state index contributed by atoms with van der Waals surface area (Å²) in [4.78, 5) is 9.08. The number of hydrogen-bond donors (Lipinski definition) is 1. The Morgan fingerprint density at radius 1 is 1.04 bits per heavy atom.